The van der Waals surface area contributed by atoms with Crippen molar-refractivity contribution in [2.75, 3.05) is 5.32 Å². The summed E-state index contributed by atoms with van der Waals surface area (Å²) in [6, 6.07) is 7.01. The molecule has 1 atom stereocenters. The minimum Gasteiger partial charge on any atom is -0.489 e. The Hall–Kier alpha value is -2.94. The van der Waals surface area contributed by atoms with Gasteiger partial charge in [0.05, 0.1) is 17.9 Å². The van der Waals surface area contributed by atoms with Crippen LogP contribution in [0.3, 0.4) is 0 Å². The first-order chi connectivity index (χ1) is 10.6. The molecule has 0 spiro atoms. The first-order valence-electron chi connectivity index (χ1n) is 6.92. The summed E-state index contributed by atoms with van der Waals surface area (Å²) >= 11 is 0. The molecule has 0 bridgehead atoms. The van der Waals surface area contributed by atoms with Crippen molar-refractivity contribution in [2.24, 2.45) is 0 Å². The summed E-state index contributed by atoms with van der Waals surface area (Å²) in [6.45, 7) is 3.94. The number of carbonyl (C=O) groups excluding carboxylic acids is 1. The molecule has 1 amide bonds. The fraction of sp³-hybridized carbons (Fsp3) is 0.250. The van der Waals surface area contributed by atoms with E-state index in [2.05, 4.69) is 21.4 Å². The molecule has 1 aromatic carbocycles. The van der Waals surface area contributed by atoms with Gasteiger partial charge in [-0.3, -0.25) is 9.78 Å². The average Bonchev–Trinajstić information content (AvgIpc) is 2.56. The molecular formula is C16H16N4O2. The Morgan fingerprint density at radius 2 is 2.27 bits per heavy atom. The summed E-state index contributed by atoms with van der Waals surface area (Å²) in [4.78, 5) is 19.8. The summed E-state index contributed by atoms with van der Waals surface area (Å²) in [5, 5.41) is 11.9. The van der Waals surface area contributed by atoms with Gasteiger partial charge in [0.2, 0.25) is 0 Å². The van der Waals surface area contributed by atoms with Crippen LogP contribution in [0.1, 0.15) is 36.3 Å². The highest BCUT2D eigenvalue weighted by Crippen LogP contribution is 2.24. The van der Waals surface area contributed by atoms with E-state index in [0.717, 1.165) is 6.42 Å². The van der Waals surface area contributed by atoms with E-state index in [1.165, 1.54) is 18.6 Å². The van der Waals surface area contributed by atoms with Gasteiger partial charge in [-0.1, -0.05) is 6.92 Å². The number of hydrogen-bond donors (Lipinski definition) is 1. The largest absolute Gasteiger partial charge is 0.489 e. The van der Waals surface area contributed by atoms with Crippen LogP contribution < -0.4 is 10.1 Å². The van der Waals surface area contributed by atoms with Gasteiger partial charge in [0.15, 0.2) is 0 Å². The highest BCUT2D eigenvalue weighted by Gasteiger charge is 2.11. The van der Waals surface area contributed by atoms with Crippen molar-refractivity contribution < 1.29 is 9.53 Å². The lowest BCUT2D eigenvalue weighted by atomic mass is 10.2. The molecule has 1 N–H and O–H groups in total. The number of aromatic nitrogens is 2. The van der Waals surface area contributed by atoms with Crippen LogP contribution in [-0.4, -0.2) is 22.0 Å². The van der Waals surface area contributed by atoms with Crippen molar-refractivity contribution >= 4 is 11.6 Å². The number of nitrogens with zero attached hydrogens (tertiary/aromatic N) is 3. The van der Waals surface area contributed by atoms with Gasteiger partial charge in [-0.2, -0.15) is 5.26 Å². The molecule has 6 heteroatoms. The van der Waals surface area contributed by atoms with Gasteiger partial charge in [0.25, 0.3) is 5.91 Å². The number of amides is 1. The van der Waals surface area contributed by atoms with Gasteiger partial charge in [-0.05, 0) is 31.5 Å². The third-order valence-corrected chi connectivity index (χ3v) is 3.06. The maximum atomic E-state index is 12.0. The number of hydrogen-bond acceptors (Lipinski definition) is 5. The van der Waals surface area contributed by atoms with E-state index >= 15 is 0 Å². The topological polar surface area (TPSA) is 87.9 Å². The summed E-state index contributed by atoms with van der Waals surface area (Å²) in [5.74, 6) is 0.127. The number of benzene rings is 1. The molecule has 0 aliphatic rings. The van der Waals surface area contributed by atoms with Gasteiger partial charge in [-0.25, -0.2) is 4.98 Å². The molecule has 1 heterocycles. The lowest BCUT2D eigenvalue weighted by molar-refractivity contribution is 0.102. The lowest BCUT2D eigenvalue weighted by Gasteiger charge is -2.14. The van der Waals surface area contributed by atoms with Crippen LogP contribution >= 0.6 is 0 Å². The molecule has 0 saturated carbocycles. The molecule has 22 heavy (non-hydrogen) atoms. The van der Waals surface area contributed by atoms with Crippen molar-refractivity contribution in [3.63, 3.8) is 0 Å². The van der Waals surface area contributed by atoms with Crippen LogP contribution in [0.4, 0.5) is 5.69 Å². The SMILES string of the molecule is CCC(C)Oc1ccc(NC(=O)c2cnccn2)cc1C#N. The average molecular weight is 296 g/mol. The van der Waals surface area contributed by atoms with E-state index in [4.69, 9.17) is 4.74 Å². The van der Waals surface area contributed by atoms with Crippen molar-refractivity contribution in [1.82, 2.24) is 9.97 Å². The van der Waals surface area contributed by atoms with Crippen molar-refractivity contribution in [3.8, 4) is 11.8 Å². The molecule has 6 nitrogen and oxygen atoms in total. The monoisotopic (exact) mass is 296 g/mol. The Labute approximate surface area is 128 Å². The minimum absolute atomic E-state index is 0.0205. The summed E-state index contributed by atoms with van der Waals surface area (Å²) in [5.41, 5.74) is 1.09. The van der Waals surface area contributed by atoms with Crippen LogP contribution in [0, 0.1) is 11.3 Å². The van der Waals surface area contributed by atoms with Gasteiger partial charge in [0.1, 0.15) is 17.5 Å². The maximum absolute atomic E-state index is 12.0. The molecule has 0 aliphatic heterocycles. The zero-order valence-corrected chi connectivity index (χ0v) is 12.4. The Bertz CT molecular complexity index is 695. The van der Waals surface area contributed by atoms with Gasteiger partial charge < -0.3 is 10.1 Å². The number of anilines is 1. The predicted molar refractivity (Wildman–Crippen MR) is 81.5 cm³/mol. The summed E-state index contributed by atoms with van der Waals surface area (Å²) < 4.78 is 5.67. The number of nitriles is 1. The van der Waals surface area contributed by atoms with Crippen LogP contribution in [0.15, 0.2) is 36.8 Å². The molecule has 112 valence electrons. The fourth-order valence-corrected chi connectivity index (χ4v) is 1.71. The second kappa shape index (κ2) is 7.18. The van der Waals surface area contributed by atoms with Crippen molar-refractivity contribution in [1.29, 1.82) is 5.26 Å². The summed E-state index contributed by atoms with van der Waals surface area (Å²) in [6.07, 6.45) is 5.17. The second-order valence-electron chi connectivity index (χ2n) is 4.70. The highest BCUT2D eigenvalue weighted by molar-refractivity contribution is 6.02. The molecule has 1 unspecified atom stereocenters. The highest BCUT2D eigenvalue weighted by atomic mass is 16.5. The van der Waals surface area contributed by atoms with Crippen LogP contribution in [0.25, 0.3) is 0 Å². The maximum Gasteiger partial charge on any atom is 0.275 e. The Kier molecular flexibility index (Phi) is 5.04. The van der Waals surface area contributed by atoms with E-state index in [1.54, 1.807) is 18.2 Å². The van der Waals surface area contributed by atoms with E-state index in [-0.39, 0.29) is 17.7 Å². The Balaban J connectivity index is 2.16. The zero-order chi connectivity index (χ0) is 15.9. The Morgan fingerprint density at radius 1 is 1.45 bits per heavy atom. The van der Waals surface area contributed by atoms with Gasteiger partial charge in [-0.15, -0.1) is 0 Å². The number of carbonyl (C=O) groups is 1. The summed E-state index contributed by atoms with van der Waals surface area (Å²) in [7, 11) is 0. The normalized spacial score (nSPS) is 11.3. The Morgan fingerprint density at radius 3 is 2.91 bits per heavy atom. The third-order valence-electron chi connectivity index (χ3n) is 3.06. The van der Waals surface area contributed by atoms with E-state index < -0.39 is 0 Å². The molecule has 0 fully saturated rings. The third kappa shape index (κ3) is 3.79. The lowest BCUT2D eigenvalue weighted by Crippen LogP contribution is -2.14. The molecule has 1 aromatic heterocycles. The fourth-order valence-electron chi connectivity index (χ4n) is 1.71. The number of rotatable bonds is 5. The quantitative estimate of drug-likeness (QED) is 0.916. The predicted octanol–water partition coefficient (Wildman–Crippen LogP) is 2.78. The first-order valence-corrected chi connectivity index (χ1v) is 6.92. The molecule has 2 rings (SSSR count). The van der Waals surface area contributed by atoms with Crippen LogP contribution in [0.5, 0.6) is 5.75 Å². The van der Waals surface area contributed by atoms with Crippen LogP contribution in [0.2, 0.25) is 0 Å². The molecule has 0 saturated heterocycles. The van der Waals surface area contributed by atoms with E-state index in [1.807, 2.05) is 13.8 Å². The van der Waals surface area contributed by atoms with E-state index in [0.29, 0.717) is 17.0 Å². The molecule has 0 radical (unpaired) electrons. The van der Waals surface area contributed by atoms with Crippen molar-refractivity contribution in [3.05, 3.63) is 48.0 Å². The van der Waals surface area contributed by atoms with E-state index in [9.17, 15) is 10.1 Å². The van der Waals surface area contributed by atoms with Gasteiger partial charge in [0, 0.05) is 18.1 Å². The molecular weight excluding hydrogens is 280 g/mol. The zero-order valence-electron chi connectivity index (χ0n) is 12.4. The molecule has 2 aromatic rings. The second-order valence-corrected chi connectivity index (χ2v) is 4.70. The standard InChI is InChI=1S/C16H16N4O2/c1-3-11(2)22-15-5-4-13(8-12(15)9-17)20-16(21)14-10-18-6-7-19-14/h4-8,10-11H,3H2,1-2H3,(H,20,21). The molecule has 0 aliphatic carbocycles. The van der Waals surface area contributed by atoms with Crippen molar-refractivity contribution in [2.45, 2.75) is 26.4 Å². The first kappa shape index (κ1) is 15.4. The minimum atomic E-state index is -0.382. The smallest absolute Gasteiger partial charge is 0.275 e. The van der Waals surface area contributed by atoms with Gasteiger partial charge >= 0.3 is 0 Å². The number of nitrogens with one attached hydrogen (secondary N) is 1. The van der Waals surface area contributed by atoms with Crippen LogP contribution in [-0.2, 0) is 0 Å². The number of ether oxygens (including phenoxy) is 1.